The molecule has 9 unspecified atom stereocenters. The zero-order valence-electron chi connectivity index (χ0n) is 27.3. The van der Waals surface area contributed by atoms with Crippen molar-refractivity contribution in [2.24, 2.45) is 11.7 Å². The van der Waals surface area contributed by atoms with E-state index in [1.165, 1.54) is 7.11 Å². The molecule has 0 radical (unpaired) electrons. The molecule has 0 amide bonds. The molecule has 1 aliphatic rings. The summed E-state index contributed by atoms with van der Waals surface area (Å²) in [6.07, 6.45) is -0.876. The van der Waals surface area contributed by atoms with Gasteiger partial charge >= 0.3 is 5.97 Å². The molecule has 0 aromatic carbocycles. The Labute approximate surface area is 253 Å². The van der Waals surface area contributed by atoms with Crippen LogP contribution in [-0.2, 0) is 28.5 Å². The Morgan fingerprint density at radius 3 is 2.29 bits per heavy atom. The second-order valence-corrected chi connectivity index (χ2v) is 13.0. The lowest BCUT2D eigenvalue weighted by Crippen LogP contribution is -2.59. The van der Waals surface area contributed by atoms with Crippen LogP contribution in [0.4, 0.5) is 0 Å². The molecule has 0 aliphatic carbocycles. The number of aliphatic hydroxyl groups excluding tert-OH is 2. The normalized spacial score (nSPS) is 23.7. The van der Waals surface area contributed by atoms with Gasteiger partial charge in [0.25, 0.3) is 0 Å². The Kier molecular flexibility index (Phi) is 16.1. The Bertz CT molecular complexity index is 834. The molecule has 0 bridgehead atoms. The van der Waals surface area contributed by atoms with Gasteiger partial charge in [0.1, 0.15) is 20.1 Å². The summed E-state index contributed by atoms with van der Waals surface area (Å²) in [6, 6.07) is -0.651. The molecule has 1 saturated heterocycles. The first kappa shape index (κ1) is 38.9. The lowest BCUT2D eigenvalue weighted by Gasteiger charge is -2.35. The molecule has 1 fully saturated rings. The number of carboxylic acids is 1. The fourth-order valence-electron chi connectivity index (χ4n) is 4.68. The van der Waals surface area contributed by atoms with Gasteiger partial charge in [0, 0.05) is 31.6 Å². The van der Waals surface area contributed by atoms with Crippen molar-refractivity contribution in [3.8, 4) is 0 Å². The standard InChI is InChI=1S/C29H58BN3O9/c1-9-20(31)33-19(11-12-21(34)35)25(37)28(6,10-2)32-15-13-29(7,30)40-16-14-27(4,5)41-17-18(3)23-24(42-23)22(36)26(38)39-8/h18-20,22-24,26,32-33,36,38H,9-17,30-31H2,1-8H3,(H,34,35). The van der Waals surface area contributed by atoms with Crippen LogP contribution in [0.15, 0.2) is 0 Å². The van der Waals surface area contributed by atoms with Crippen molar-refractivity contribution in [2.75, 3.05) is 26.9 Å². The summed E-state index contributed by atoms with van der Waals surface area (Å²) in [5, 5.41) is 35.3. The number of ether oxygens (including phenoxy) is 4. The third-order valence-corrected chi connectivity index (χ3v) is 8.24. The fraction of sp³-hybridized carbons (Fsp3) is 0.931. The van der Waals surface area contributed by atoms with Crippen LogP contribution in [0.2, 0.25) is 0 Å². The van der Waals surface area contributed by atoms with E-state index < -0.39 is 47.1 Å². The van der Waals surface area contributed by atoms with Gasteiger partial charge in [-0.05, 0) is 66.3 Å². The lowest BCUT2D eigenvalue weighted by molar-refractivity contribution is -0.149. The van der Waals surface area contributed by atoms with Crippen molar-refractivity contribution in [3.05, 3.63) is 0 Å². The number of carbonyl (C=O) groups is 2. The fourth-order valence-corrected chi connectivity index (χ4v) is 4.68. The van der Waals surface area contributed by atoms with E-state index in [1.807, 2.05) is 56.3 Å². The van der Waals surface area contributed by atoms with E-state index in [0.29, 0.717) is 45.4 Å². The summed E-state index contributed by atoms with van der Waals surface area (Å²) in [5.41, 5.74) is 4.30. The minimum atomic E-state index is -1.28. The summed E-state index contributed by atoms with van der Waals surface area (Å²) in [6.45, 7) is 15.2. The molecular weight excluding hydrogens is 545 g/mol. The average Bonchev–Trinajstić information content (AvgIpc) is 3.73. The van der Waals surface area contributed by atoms with Crippen molar-refractivity contribution < 1.29 is 43.9 Å². The van der Waals surface area contributed by atoms with E-state index in [4.69, 9.17) is 29.8 Å². The van der Waals surface area contributed by atoms with Crippen molar-refractivity contribution >= 4 is 19.6 Å². The molecule has 0 spiro atoms. The van der Waals surface area contributed by atoms with Crippen molar-refractivity contribution in [1.82, 2.24) is 10.6 Å². The SMILES string of the molecule is BC(C)(CCNC(C)(CC)C(=O)C(CCC(=O)O)NC(N)CC)OCCC(C)(C)OCC(C)C1OC1C(O)C(O)OC. The molecule has 1 rings (SSSR count). The number of methoxy groups -OCH3 is 1. The molecule has 7 N–H and O–H groups in total. The van der Waals surface area contributed by atoms with E-state index >= 15 is 0 Å². The van der Waals surface area contributed by atoms with E-state index in [2.05, 4.69) is 10.6 Å². The maximum atomic E-state index is 13.5. The minimum absolute atomic E-state index is 0.0311. The van der Waals surface area contributed by atoms with Crippen LogP contribution < -0.4 is 16.4 Å². The lowest BCUT2D eigenvalue weighted by atomic mass is 9.79. The van der Waals surface area contributed by atoms with Crippen LogP contribution >= 0.6 is 0 Å². The van der Waals surface area contributed by atoms with Gasteiger partial charge in [-0.15, -0.1) is 0 Å². The Hall–Kier alpha value is -1.16. The van der Waals surface area contributed by atoms with Crippen LogP contribution in [-0.4, -0.2) is 115 Å². The van der Waals surface area contributed by atoms with E-state index in [1.54, 1.807) is 0 Å². The number of aliphatic carboxylic acids is 1. The number of nitrogens with two attached hydrogens (primary N) is 1. The molecule has 1 aliphatic heterocycles. The Balaban J connectivity index is 2.53. The highest BCUT2D eigenvalue weighted by Crippen LogP contribution is 2.34. The van der Waals surface area contributed by atoms with Crippen LogP contribution in [0, 0.1) is 5.92 Å². The van der Waals surface area contributed by atoms with E-state index in [0.717, 1.165) is 0 Å². The maximum Gasteiger partial charge on any atom is 0.303 e. The summed E-state index contributed by atoms with van der Waals surface area (Å²) in [7, 11) is 3.34. The predicted octanol–water partition coefficient (Wildman–Crippen LogP) is 0.502. The number of rotatable bonds is 24. The van der Waals surface area contributed by atoms with Crippen LogP contribution in [0.5, 0.6) is 0 Å². The van der Waals surface area contributed by atoms with Gasteiger partial charge in [-0.25, -0.2) is 0 Å². The molecule has 13 heteroatoms. The van der Waals surface area contributed by atoms with Crippen LogP contribution in [0.1, 0.15) is 87.0 Å². The first-order valence-electron chi connectivity index (χ1n) is 15.3. The zero-order valence-corrected chi connectivity index (χ0v) is 27.3. The number of carbonyl (C=O) groups excluding carboxylic acids is 1. The molecule has 0 saturated carbocycles. The largest absolute Gasteiger partial charge is 0.481 e. The van der Waals surface area contributed by atoms with Gasteiger partial charge in [-0.1, -0.05) is 20.8 Å². The third-order valence-electron chi connectivity index (χ3n) is 8.24. The number of hydrogen-bond donors (Lipinski definition) is 6. The van der Waals surface area contributed by atoms with Crippen molar-refractivity contribution in [1.29, 1.82) is 0 Å². The molecule has 12 nitrogen and oxygen atoms in total. The van der Waals surface area contributed by atoms with Gasteiger partial charge in [0.15, 0.2) is 12.1 Å². The number of ketones is 1. The zero-order chi connectivity index (χ0) is 32.3. The number of carboxylic acid groups (broad SMARTS) is 1. The van der Waals surface area contributed by atoms with E-state index in [-0.39, 0.29) is 36.8 Å². The van der Waals surface area contributed by atoms with Gasteiger partial charge in [-0.2, -0.15) is 0 Å². The summed E-state index contributed by atoms with van der Waals surface area (Å²) < 4.78 is 22.7. The highest BCUT2D eigenvalue weighted by molar-refractivity contribution is 6.14. The van der Waals surface area contributed by atoms with E-state index in [9.17, 15) is 19.8 Å². The highest BCUT2D eigenvalue weighted by atomic mass is 16.6. The maximum absolute atomic E-state index is 13.5. The Morgan fingerprint density at radius 1 is 1.10 bits per heavy atom. The second-order valence-electron chi connectivity index (χ2n) is 13.0. The minimum Gasteiger partial charge on any atom is -0.481 e. The van der Waals surface area contributed by atoms with Gasteiger partial charge in [0.2, 0.25) is 0 Å². The molecule has 246 valence electrons. The summed E-state index contributed by atoms with van der Waals surface area (Å²) in [5.74, 6) is -1.00. The molecule has 0 aromatic rings. The van der Waals surface area contributed by atoms with Gasteiger partial charge < -0.3 is 45.3 Å². The topological polar surface area (TPSA) is 185 Å². The second kappa shape index (κ2) is 17.4. The number of hydrogen-bond acceptors (Lipinski definition) is 11. The first-order valence-corrected chi connectivity index (χ1v) is 15.3. The van der Waals surface area contributed by atoms with Crippen LogP contribution in [0.3, 0.4) is 0 Å². The number of aliphatic hydroxyl groups is 2. The third kappa shape index (κ3) is 13.2. The van der Waals surface area contributed by atoms with Crippen molar-refractivity contribution in [3.63, 3.8) is 0 Å². The number of Topliss-reactive ketones (excluding diaryl/α,β-unsaturated/α-hetero) is 1. The molecule has 1 heterocycles. The van der Waals surface area contributed by atoms with Crippen molar-refractivity contribution in [2.45, 2.75) is 140 Å². The molecule has 42 heavy (non-hydrogen) atoms. The van der Waals surface area contributed by atoms with Gasteiger partial charge in [0.05, 0.1) is 36.1 Å². The first-order chi connectivity index (χ1) is 19.4. The Morgan fingerprint density at radius 2 is 1.74 bits per heavy atom. The summed E-state index contributed by atoms with van der Waals surface area (Å²) in [4.78, 5) is 24.7. The van der Waals surface area contributed by atoms with Crippen LogP contribution in [0.25, 0.3) is 0 Å². The number of epoxide rings is 1. The molecular formula is C29H58BN3O9. The molecule has 0 aromatic heterocycles. The molecule has 9 atom stereocenters. The van der Waals surface area contributed by atoms with Gasteiger partial charge in [-0.3, -0.25) is 14.9 Å². The predicted molar refractivity (Wildman–Crippen MR) is 163 cm³/mol. The average molecular weight is 604 g/mol. The number of nitrogens with one attached hydrogen (secondary N) is 2. The monoisotopic (exact) mass is 603 g/mol. The smallest absolute Gasteiger partial charge is 0.303 e. The quantitative estimate of drug-likeness (QED) is 0.0511. The summed E-state index contributed by atoms with van der Waals surface area (Å²) >= 11 is 0. The highest BCUT2D eigenvalue weighted by Gasteiger charge is 2.50.